The summed E-state index contributed by atoms with van der Waals surface area (Å²) in [6.45, 7) is 0. The van der Waals surface area contributed by atoms with Gasteiger partial charge in [0.15, 0.2) is 0 Å². The predicted molar refractivity (Wildman–Crippen MR) is 115 cm³/mol. The van der Waals surface area contributed by atoms with Crippen LogP contribution in [0.1, 0.15) is 33.4 Å². The topological polar surface area (TPSA) is 58.5 Å². The number of aromatic nitrogens is 2. The van der Waals surface area contributed by atoms with E-state index in [1.165, 1.54) is 16.3 Å². The molecule has 2 aromatic heterocycles. The molecule has 5 nitrogen and oxygen atoms in total. The van der Waals surface area contributed by atoms with Crippen LogP contribution in [0.5, 0.6) is 0 Å². The molecule has 3 heterocycles. The Labute approximate surface area is 176 Å². The largest absolute Gasteiger partial charge is 0.284 e. The fourth-order valence-electron chi connectivity index (χ4n) is 3.39. The molecule has 142 valence electrons. The second-order valence-electron chi connectivity index (χ2n) is 6.68. The van der Waals surface area contributed by atoms with Crippen molar-refractivity contribution in [2.24, 2.45) is 5.10 Å². The van der Waals surface area contributed by atoms with E-state index in [2.05, 4.69) is 10.1 Å². The zero-order valence-corrected chi connectivity index (χ0v) is 16.8. The van der Waals surface area contributed by atoms with Gasteiger partial charge in [0.2, 0.25) is 0 Å². The van der Waals surface area contributed by atoms with Crippen molar-refractivity contribution in [3.8, 4) is 0 Å². The first-order valence-electron chi connectivity index (χ1n) is 9.11. The molecule has 29 heavy (non-hydrogen) atoms. The highest BCUT2D eigenvalue weighted by atomic mass is 35.5. The van der Waals surface area contributed by atoms with Crippen molar-refractivity contribution < 1.29 is 4.79 Å². The van der Waals surface area contributed by atoms with Crippen molar-refractivity contribution in [2.75, 3.05) is 0 Å². The van der Waals surface area contributed by atoms with Crippen LogP contribution in [0.25, 0.3) is 11.0 Å². The minimum atomic E-state index is -0.313. The van der Waals surface area contributed by atoms with Gasteiger partial charge in [0.05, 0.1) is 33.5 Å². The van der Waals surface area contributed by atoms with Crippen LogP contribution in [-0.2, 0) is 0 Å². The van der Waals surface area contributed by atoms with Crippen LogP contribution in [-0.4, -0.2) is 26.6 Å². The number of hydrogen-bond donors (Lipinski definition) is 0. The SMILES string of the molecule is O=C(c1cccs1)N1N=C(c2ccc(Cl)cc2)C[C@@H]1c1cnc2ccccc2n1. The zero-order chi connectivity index (χ0) is 19.8. The third-order valence-corrected chi connectivity index (χ3v) is 5.95. The van der Waals surface area contributed by atoms with Gasteiger partial charge in [-0.3, -0.25) is 9.78 Å². The number of hydrazone groups is 1. The van der Waals surface area contributed by atoms with E-state index in [9.17, 15) is 4.79 Å². The van der Waals surface area contributed by atoms with Crippen LogP contribution < -0.4 is 0 Å². The van der Waals surface area contributed by atoms with Crippen LogP contribution >= 0.6 is 22.9 Å². The lowest BCUT2D eigenvalue weighted by molar-refractivity contribution is 0.0713. The third-order valence-electron chi connectivity index (χ3n) is 4.84. The molecule has 7 heteroatoms. The van der Waals surface area contributed by atoms with Crippen molar-refractivity contribution in [3.05, 3.63) is 93.4 Å². The van der Waals surface area contributed by atoms with Crippen molar-refractivity contribution in [1.82, 2.24) is 15.0 Å². The molecule has 1 aliphatic heterocycles. The first kappa shape index (κ1) is 18.0. The predicted octanol–water partition coefficient (Wildman–Crippen LogP) is 5.34. The Morgan fingerprint density at radius 2 is 1.83 bits per heavy atom. The molecule has 0 N–H and O–H groups in total. The maximum absolute atomic E-state index is 13.1. The van der Waals surface area contributed by atoms with Gasteiger partial charge in [0.1, 0.15) is 6.04 Å². The van der Waals surface area contributed by atoms with Crippen LogP contribution in [0, 0.1) is 0 Å². The van der Waals surface area contributed by atoms with E-state index in [-0.39, 0.29) is 11.9 Å². The summed E-state index contributed by atoms with van der Waals surface area (Å²) in [5.41, 5.74) is 4.11. The number of carbonyl (C=O) groups is 1. The van der Waals surface area contributed by atoms with Crippen LogP contribution in [0.2, 0.25) is 5.02 Å². The number of amides is 1. The van der Waals surface area contributed by atoms with Crippen molar-refractivity contribution in [2.45, 2.75) is 12.5 Å². The quantitative estimate of drug-likeness (QED) is 0.451. The van der Waals surface area contributed by atoms with E-state index in [1.807, 2.05) is 66.0 Å². The molecular formula is C22H15ClN4OS. The van der Waals surface area contributed by atoms with Crippen molar-refractivity contribution >= 4 is 45.6 Å². The second-order valence-corrected chi connectivity index (χ2v) is 8.07. The van der Waals surface area contributed by atoms with Crippen LogP contribution in [0.4, 0.5) is 0 Å². The molecule has 0 bridgehead atoms. The number of fused-ring (bicyclic) bond motifs is 1. The lowest BCUT2D eigenvalue weighted by Gasteiger charge is -2.20. The average Bonchev–Trinajstić information content (AvgIpc) is 3.44. The summed E-state index contributed by atoms with van der Waals surface area (Å²) in [6, 6.07) is 18.6. The molecule has 0 fully saturated rings. The van der Waals surface area contributed by atoms with Crippen LogP contribution in [0.3, 0.4) is 0 Å². The Morgan fingerprint density at radius 3 is 2.59 bits per heavy atom. The number of benzene rings is 2. The Bertz CT molecular complexity index is 1220. The number of thiophene rings is 1. The number of nitrogens with zero attached hydrogens (tertiary/aromatic N) is 4. The Kier molecular flexibility index (Phi) is 4.58. The summed E-state index contributed by atoms with van der Waals surface area (Å²) in [5, 5.41) is 8.76. The molecule has 0 aliphatic carbocycles. The van der Waals surface area contributed by atoms with Gasteiger partial charge in [0, 0.05) is 11.4 Å². The van der Waals surface area contributed by atoms with Gasteiger partial charge in [0.25, 0.3) is 5.91 Å². The van der Waals surface area contributed by atoms with E-state index < -0.39 is 0 Å². The summed E-state index contributed by atoms with van der Waals surface area (Å²) in [6.07, 6.45) is 2.30. The Hall–Kier alpha value is -3.09. The van der Waals surface area contributed by atoms with Gasteiger partial charge in [-0.2, -0.15) is 5.10 Å². The van der Waals surface area contributed by atoms with Gasteiger partial charge >= 0.3 is 0 Å². The number of halogens is 1. The molecule has 1 atom stereocenters. The van der Waals surface area contributed by atoms with E-state index in [1.54, 1.807) is 6.20 Å². The highest BCUT2D eigenvalue weighted by Gasteiger charge is 2.35. The highest BCUT2D eigenvalue weighted by Crippen LogP contribution is 2.34. The summed E-state index contributed by atoms with van der Waals surface area (Å²) in [4.78, 5) is 23.1. The maximum atomic E-state index is 13.1. The molecule has 2 aromatic carbocycles. The highest BCUT2D eigenvalue weighted by molar-refractivity contribution is 7.12. The van der Waals surface area contributed by atoms with E-state index in [0.717, 1.165) is 28.0 Å². The lowest BCUT2D eigenvalue weighted by atomic mass is 10.0. The summed E-state index contributed by atoms with van der Waals surface area (Å²) in [7, 11) is 0. The molecule has 1 aliphatic rings. The summed E-state index contributed by atoms with van der Waals surface area (Å²) in [5.74, 6) is -0.135. The van der Waals surface area contributed by atoms with E-state index in [0.29, 0.717) is 16.3 Å². The van der Waals surface area contributed by atoms with Crippen LogP contribution in [0.15, 0.2) is 77.3 Å². The Morgan fingerprint density at radius 1 is 1.03 bits per heavy atom. The molecule has 5 rings (SSSR count). The van der Waals surface area contributed by atoms with Gasteiger partial charge in [-0.25, -0.2) is 9.99 Å². The fraction of sp³-hybridized carbons (Fsp3) is 0.0909. The van der Waals surface area contributed by atoms with Crippen molar-refractivity contribution in [1.29, 1.82) is 0 Å². The molecule has 0 spiro atoms. The molecule has 1 amide bonds. The maximum Gasteiger partial charge on any atom is 0.284 e. The monoisotopic (exact) mass is 418 g/mol. The molecular weight excluding hydrogens is 404 g/mol. The summed E-state index contributed by atoms with van der Waals surface area (Å²) < 4.78 is 0. The minimum Gasteiger partial charge on any atom is -0.266 e. The molecule has 0 unspecified atom stereocenters. The first-order valence-corrected chi connectivity index (χ1v) is 10.4. The van der Waals surface area contributed by atoms with Gasteiger partial charge in [-0.1, -0.05) is 41.9 Å². The van der Waals surface area contributed by atoms with Gasteiger partial charge in [-0.05, 0) is 41.3 Å². The van der Waals surface area contributed by atoms with Gasteiger partial charge in [-0.15, -0.1) is 11.3 Å². The standard InChI is InChI=1S/C22H15ClN4OS/c23-15-9-7-14(8-10-15)18-12-20(27(26-18)22(28)21-6-3-11-29-21)19-13-24-16-4-1-2-5-17(16)25-19/h1-11,13,20H,12H2/t20-/m1/s1. The number of carbonyl (C=O) groups excluding carboxylic acids is 1. The lowest BCUT2D eigenvalue weighted by Crippen LogP contribution is -2.27. The number of hydrogen-bond acceptors (Lipinski definition) is 5. The van der Waals surface area contributed by atoms with E-state index in [4.69, 9.17) is 16.6 Å². The Balaban J connectivity index is 1.56. The number of rotatable bonds is 3. The number of para-hydroxylation sites is 2. The molecule has 4 aromatic rings. The fourth-order valence-corrected chi connectivity index (χ4v) is 4.17. The average molecular weight is 419 g/mol. The van der Waals surface area contributed by atoms with Gasteiger partial charge < -0.3 is 0 Å². The molecule has 0 radical (unpaired) electrons. The third kappa shape index (κ3) is 3.41. The summed E-state index contributed by atoms with van der Waals surface area (Å²) >= 11 is 7.43. The smallest absolute Gasteiger partial charge is 0.266 e. The normalized spacial score (nSPS) is 16.2. The first-order chi connectivity index (χ1) is 14.2. The van der Waals surface area contributed by atoms with E-state index >= 15 is 0 Å². The zero-order valence-electron chi connectivity index (χ0n) is 15.2. The molecule has 0 saturated carbocycles. The molecule has 0 saturated heterocycles. The minimum absolute atomic E-state index is 0.135. The second kappa shape index (κ2) is 7.39. The van der Waals surface area contributed by atoms with Crippen molar-refractivity contribution in [3.63, 3.8) is 0 Å².